The Morgan fingerprint density at radius 2 is 1.84 bits per heavy atom. The van der Waals surface area contributed by atoms with Gasteiger partial charge in [-0.25, -0.2) is 0 Å². The van der Waals surface area contributed by atoms with Crippen molar-refractivity contribution in [2.24, 2.45) is 5.92 Å². The van der Waals surface area contributed by atoms with Crippen molar-refractivity contribution < 1.29 is 0 Å². The Balaban J connectivity index is 1.96. The van der Waals surface area contributed by atoms with Crippen LogP contribution in [0, 0.1) is 5.92 Å². The second-order valence-corrected chi connectivity index (χ2v) is 5.96. The summed E-state index contributed by atoms with van der Waals surface area (Å²) in [5.74, 6) is 1.30. The van der Waals surface area contributed by atoms with E-state index in [-0.39, 0.29) is 0 Å². The van der Waals surface area contributed by atoms with Gasteiger partial charge in [0.1, 0.15) is 0 Å². The lowest BCUT2D eigenvalue weighted by atomic mass is 9.83. The molecule has 1 aliphatic rings. The second kappa shape index (κ2) is 6.79. The number of benzene rings is 1. The van der Waals surface area contributed by atoms with Crippen LogP contribution in [0.5, 0.6) is 0 Å². The van der Waals surface area contributed by atoms with E-state index < -0.39 is 0 Å². The van der Waals surface area contributed by atoms with Gasteiger partial charge in [0.2, 0.25) is 0 Å². The molecule has 1 nitrogen and oxygen atoms in total. The highest BCUT2D eigenvalue weighted by Crippen LogP contribution is 2.32. The SMILES string of the molecule is C=C(NC)C(C)Cc1ccc(C2CCCCC2)cc1. The third-order valence-corrected chi connectivity index (χ3v) is 4.51. The maximum atomic E-state index is 4.05. The molecule has 1 heteroatoms. The van der Waals surface area contributed by atoms with Crippen LogP contribution in [0.4, 0.5) is 0 Å². The van der Waals surface area contributed by atoms with Gasteiger partial charge in [0.25, 0.3) is 0 Å². The minimum absolute atomic E-state index is 0.491. The Kier molecular flexibility index (Phi) is 5.07. The molecule has 1 N–H and O–H groups in total. The van der Waals surface area contributed by atoms with Crippen LogP contribution < -0.4 is 5.32 Å². The van der Waals surface area contributed by atoms with Crippen LogP contribution in [-0.4, -0.2) is 7.05 Å². The molecule has 1 aromatic carbocycles. The molecular formula is C18H27N. The van der Waals surface area contributed by atoms with Crippen molar-refractivity contribution in [1.82, 2.24) is 5.32 Å². The molecule has 1 atom stereocenters. The largest absolute Gasteiger partial charge is 0.392 e. The lowest BCUT2D eigenvalue weighted by Crippen LogP contribution is -2.14. The fourth-order valence-electron chi connectivity index (χ4n) is 3.08. The van der Waals surface area contributed by atoms with Crippen LogP contribution in [0.15, 0.2) is 36.5 Å². The maximum absolute atomic E-state index is 4.05. The summed E-state index contributed by atoms with van der Waals surface area (Å²) in [5.41, 5.74) is 4.09. The third-order valence-electron chi connectivity index (χ3n) is 4.51. The monoisotopic (exact) mass is 257 g/mol. The summed E-state index contributed by atoms with van der Waals surface area (Å²) in [6, 6.07) is 9.31. The Hall–Kier alpha value is -1.24. The van der Waals surface area contributed by atoms with E-state index in [0.29, 0.717) is 5.92 Å². The van der Waals surface area contributed by atoms with E-state index >= 15 is 0 Å². The highest BCUT2D eigenvalue weighted by atomic mass is 14.8. The molecule has 0 spiro atoms. The molecule has 0 radical (unpaired) electrons. The number of allylic oxidation sites excluding steroid dienone is 1. The molecule has 19 heavy (non-hydrogen) atoms. The van der Waals surface area contributed by atoms with Gasteiger partial charge in [-0.3, -0.25) is 0 Å². The van der Waals surface area contributed by atoms with Crippen molar-refractivity contribution in [1.29, 1.82) is 0 Å². The van der Waals surface area contributed by atoms with Gasteiger partial charge in [-0.1, -0.05) is 57.0 Å². The molecule has 104 valence electrons. The van der Waals surface area contributed by atoms with E-state index in [2.05, 4.69) is 43.1 Å². The van der Waals surface area contributed by atoms with Crippen LogP contribution >= 0.6 is 0 Å². The molecule has 1 aromatic rings. The zero-order valence-corrected chi connectivity index (χ0v) is 12.4. The van der Waals surface area contributed by atoms with Gasteiger partial charge in [0.05, 0.1) is 0 Å². The van der Waals surface area contributed by atoms with Gasteiger partial charge in [-0.05, 0) is 42.2 Å². The van der Waals surface area contributed by atoms with E-state index in [1.807, 2.05) is 7.05 Å². The molecule has 0 heterocycles. The quantitative estimate of drug-likeness (QED) is 0.810. The molecule has 1 saturated carbocycles. The number of nitrogens with one attached hydrogen (secondary N) is 1. The first-order valence-corrected chi connectivity index (χ1v) is 7.66. The minimum atomic E-state index is 0.491. The first kappa shape index (κ1) is 14.2. The van der Waals surface area contributed by atoms with Gasteiger partial charge in [-0.15, -0.1) is 0 Å². The Morgan fingerprint density at radius 1 is 1.21 bits per heavy atom. The number of rotatable bonds is 5. The summed E-state index contributed by atoms with van der Waals surface area (Å²) < 4.78 is 0. The van der Waals surface area contributed by atoms with Gasteiger partial charge < -0.3 is 5.32 Å². The summed E-state index contributed by atoms with van der Waals surface area (Å²) in [5, 5.41) is 3.15. The van der Waals surface area contributed by atoms with E-state index in [4.69, 9.17) is 0 Å². The van der Waals surface area contributed by atoms with Crippen molar-refractivity contribution in [3.05, 3.63) is 47.7 Å². The summed E-state index contributed by atoms with van der Waals surface area (Å²) in [4.78, 5) is 0. The molecule has 2 rings (SSSR count). The van der Waals surface area contributed by atoms with Crippen LogP contribution in [0.2, 0.25) is 0 Å². The van der Waals surface area contributed by atoms with E-state index in [1.165, 1.54) is 37.7 Å². The maximum Gasteiger partial charge on any atom is 0.00631 e. The predicted molar refractivity (Wildman–Crippen MR) is 83.3 cm³/mol. The number of hydrogen-bond donors (Lipinski definition) is 1. The summed E-state index contributed by atoms with van der Waals surface area (Å²) in [7, 11) is 1.95. The molecule has 1 fully saturated rings. The van der Waals surface area contributed by atoms with Crippen LogP contribution in [0.25, 0.3) is 0 Å². The molecule has 0 bridgehead atoms. The van der Waals surface area contributed by atoms with Crippen LogP contribution in [-0.2, 0) is 6.42 Å². The normalized spacial score (nSPS) is 18.0. The standard InChI is InChI=1S/C18H27N/c1-14(15(2)19-3)13-16-9-11-18(12-10-16)17-7-5-4-6-8-17/h9-12,14,17,19H,2,4-8,13H2,1,3H3. The van der Waals surface area contributed by atoms with Crippen molar-refractivity contribution in [3.63, 3.8) is 0 Å². The first-order chi connectivity index (χ1) is 9.20. The second-order valence-electron chi connectivity index (χ2n) is 5.96. The molecular weight excluding hydrogens is 230 g/mol. The van der Waals surface area contributed by atoms with E-state index in [9.17, 15) is 0 Å². The molecule has 0 aromatic heterocycles. The van der Waals surface area contributed by atoms with E-state index in [1.54, 1.807) is 5.56 Å². The highest BCUT2D eigenvalue weighted by Gasteiger charge is 2.15. The lowest BCUT2D eigenvalue weighted by Gasteiger charge is -2.22. The predicted octanol–water partition coefficient (Wildman–Crippen LogP) is 4.65. The van der Waals surface area contributed by atoms with E-state index in [0.717, 1.165) is 18.0 Å². The average Bonchev–Trinajstić information content (AvgIpc) is 2.48. The third kappa shape index (κ3) is 3.86. The fraction of sp³-hybridized carbons (Fsp3) is 0.556. The average molecular weight is 257 g/mol. The topological polar surface area (TPSA) is 12.0 Å². The zero-order chi connectivity index (χ0) is 13.7. The van der Waals surface area contributed by atoms with Gasteiger partial charge in [0, 0.05) is 12.7 Å². The summed E-state index contributed by atoms with van der Waals surface area (Å²) in [6.07, 6.45) is 8.08. The van der Waals surface area contributed by atoms with Crippen molar-refractivity contribution >= 4 is 0 Å². The van der Waals surface area contributed by atoms with Gasteiger partial charge >= 0.3 is 0 Å². The van der Waals surface area contributed by atoms with Crippen LogP contribution in [0.3, 0.4) is 0 Å². The zero-order valence-electron chi connectivity index (χ0n) is 12.4. The van der Waals surface area contributed by atoms with Crippen LogP contribution in [0.1, 0.15) is 56.1 Å². The summed E-state index contributed by atoms with van der Waals surface area (Å²) in [6.45, 7) is 6.28. The van der Waals surface area contributed by atoms with Gasteiger partial charge in [-0.2, -0.15) is 0 Å². The van der Waals surface area contributed by atoms with Gasteiger partial charge in [0.15, 0.2) is 0 Å². The first-order valence-electron chi connectivity index (χ1n) is 7.66. The molecule has 0 amide bonds. The van der Waals surface area contributed by atoms with Crippen molar-refractivity contribution in [2.45, 2.75) is 51.4 Å². The molecule has 1 unspecified atom stereocenters. The minimum Gasteiger partial charge on any atom is -0.392 e. The number of hydrogen-bond acceptors (Lipinski definition) is 1. The highest BCUT2D eigenvalue weighted by molar-refractivity contribution is 5.26. The van der Waals surface area contributed by atoms with Crippen molar-refractivity contribution in [3.8, 4) is 0 Å². The molecule has 0 saturated heterocycles. The molecule has 1 aliphatic carbocycles. The lowest BCUT2D eigenvalue weighted by molar-refractivity contribution is 0.443. The Morgan fingerprint density at radius 3 is 2.42 bits per heavy atom. The molecule has 0 aliphatic heterocycles. The summed E-state index contributed by atoms with van der Waals surface area (Å²) >= 11 is 0. The van der Waals surface area contributed by atoms with Crippen molar-refractivity contribution in [2.75, 3.05) is 7.05 Å². The fourth-order valence-corrected chi connectivity index (χ4v) is 3.08. The Bertz CT molecular complexity index is 398. The smallest absolute Gasteiger partial charge is 0.00631 e. The Labute approximate surface area is 118 Å².